The molecule has 1 heterocycles. The van der Waals surface area contributed by atoms with Gasteiger partial charge in [0.25, 0.3) is 0 Å². The largest absolute Gasteiger partial charge is 0.336 e. The third kappa shape index (κ3) is 4.34. The Labute approximate surface area is 103 Å². The van der Waals surface area contributed by atoms with E-state index in [1.807, 2.05) is 0 Å². The average Bonchev–Trinajstić information content (AvgIpc) is 2.09. The number of carbonyl (C=O) groups is 1. The minimum absolute atomic E-state index is 0.172. The monoisotopic (exact) mass is 244 g/mol. The van der Waals surface area contributed by atoms with Gasteiger partial charge in [-0.15, -0.1) is 11.8 Å². The summed E-state index contributed by atoms with van der Waals surface area (Å²) in [7, 11) is 0. The van der Waals surface area contributed by atoms with Gasteiger partial charge in [-0.2, -0.15) is 0 Å². The molecule has 1 amide bonds. The number of hydrogen-bond acceptors (Lipinski definition) is 3. The molecule has 0 aliphatic carbocycles. The van der Waals surface area contributed by atoms with Crippen molar-refractivity contribution in [3.63, 3.8) is 0 Å². The van der Waals surface area contributed by atoms with E-state index in [1.165, 1.54) is 0 Å². The van der Waals surface area contributed by atoms with Crippen LogP contribution in [0.25, 0.3) is 0 Å². The summed E-state index contributed by atoms with van der Waals surface area (Å²) < 4.78 is 0.172. The number of nitrogens with zero attached hydrogens (tertiary/aromatic N) is 1. The SMILES string of the molecule is CCCN(C(=O)CSC(C)(C)C)C1CNC1. The van der Waals surface area contributed by atoms with Crippen molar-refractivity contribution in [1.29, 1.82) is 0 Å². The topological polar surface area (TPSA) is 32.3 Å². The second-order valence-electron chi connectivity index (χ2n) is 5.30. The number of carbonyl (C=O) groups excluding carboxylic acids is 1. The van der Waals surface area contributed by atoms with Crippen LogP contribution in [0.1, 0.15) is 34.1 Å². The Morgan fingerprint density at radius 2 is 2.06 bits per heavy atom. The lowest BCUT2D eigenvalue weighted by molar-refractivity contribution is -0.131. The standard InChI is InChI=1S/C12H24N2OS/c1-5-6-14(10-7-13-8-10)11(15)9-16-12(2,3)4/h10,13H,5-9H2,1-4H3. The van der Waals surface area contributed by atoms with Gasteiger partial charge in [-0.3, -0.25) is 4.79 Å². The minimum Gasteiger partial charge on any atom is -0.336 e. The highest BCUT2D eigenvalue weighted by atomic mass is 32.2. The van der Waals surface area contributed by atoms with Crippen molar-refractivity contribution in [2.45, 2.75) is 44.9 Å². The van der Waals surface area contributed by atoms with Crippen LogP contribution < -0.4 is 5.32 Å². The molecule has 3 nitrogen and oxygen atoms in total. The van der Waals surface area contributed by atoms with E-state index in [9.17, 15) is 4.79 Å². The summed E-state index contributed by atoms with van der Waals surface area (Å²) in [4.78, 5) is 14.1. The maximum Gasteiger partial charge on any atom is 0.232 e. The fourth-order valence-electron chi connectivity index (χ4n) is 1.61. The molecule has 0 bridgehead atoms. The molecular weight excluding hydrogens is 220 g/mol. The summed E-state index contributed by atoms with van der Waals surface area (Å²) in [6, 6.07) is 0.438. The molecule has 94 valence electrons. The summed E-state index contributed by atoms with van der Waals surface area (Å²) in [6.45, 7) is 11.4. The molecule has 0 spiro atoms. The zero-order valence-electron chi connectivity index (χ0n) is 10.9. The number of nitrogens with one attached hydrogen (secondary N) is 1. The first-order valence-corrected chi connectivity index (χ1v) is 7.06. The summed E-state index contributed by atoms with van der Waals surface area (Å²) >= 11 is 1.74. The smallest absolute Gasteiger partial charge is 0.232 e. The van der Waals surface area contributed by atoms with Crippen LogP contribution in [0.3, 0.4) is 0 Å². The molecule has 0 aromatic heterocycles. The van der Waals surface area contributed by atoms with E-state index < -0.39 is 0 Å². The fraction of sp³-hybridized carbons (Fsp3) is 0.917. The van der Waals surface area contributed by atoms with Gasteiger partial charge in [0.05, 0.1) is 11.8 Å². The lowest BCUT2D eigenvalue weighted by atomic mass is 10.1. The molecule has 16 heavy (non-hydrogen) atoms. The van der Waals surface area contributed by atoms with Crippen LogP contribution in [0.4, 0.5) is 0 Å². The van der Waals surface area contributed by atoms with Crippen LogP contribution in [0.5, 0.6) is 0 Å². The summed E-state index contributed by atoms with van der Waals surface area (Å²) in [6.07, 6.45) is 1.04. The minimum atomic E-state index is 0.172. The highest BCUT2D eigenvalue weighted by molar-refractivity contribution is 8.01. The fourth-order valence-corrected chi connectivity index (χ4v) is 2.33. The lowest BCUT2D eigenvalue weighted by Gasteiger charge is -2.38. The van der Waals surface area contributed by atoms with Gasteiger partial charge in [0.2, 0.25) is 5.91 Å². The van der Waals surface area contributed by atoms with Crippen molar-refractivity contribution in [3.05, 3.63) is 0 Å². The molecule has 0 aromatic rings. The number of rotatable bonds is 5. The number of hydrogen-bond donors (Lipinski definition) is 1. The van der Waals surface area contributed by atoms with Crippen LogP contribution in [0.15, 0.2) is 0 Å². The highest BCUT2D eigenvalue weighted by Gasteiger charge is 2.28. The molecule has 1 fully saturated rings. The Kier molecular flexibility index (Phi) is 5.12. The van der Waals surface area contributed by atoms with Crippen LogP contribution in [-0.4, -0.2) is 47.0 Å². The highest BCUT2D eigenvalue weighted by Crippen LogP contribution is 2.23. The van der Waals surface area contributed by atoms with Crippen molar-refractivity contribution in [1.82, 2.24) is 10.2 Å². The van der Waals surface area contributed by atoms with Gasteiger partial charge in [0.15, 0.2) is 0 Å². The van der Waals surface area contributed by atoms with Gasteiger partial charge < -0.3 is 10.2 Å². The van der Waals surface area contributed by atoms with Gasteiger partial charge in [0, 0.05) is 24.4 Å². The van der Waals surface area contributed by atoms with Crippen LogP contribution in [0, 0.1) is 0 Å². The molecule has 0 aromatic carbocycles. The van der Waals surface area contributed by atoms with E-state index >= 15 is 0 Å². The summed E-state index contributed by atoms with van der Waals surface area (Å²) in [5.74, 6) is 0.910. The van der Waals surface area contributed by atoms with E-state index in [4.69, 9.17) is 0 Å². The quantitative estimate of drug-likeness (QED) is 0.799. The second kappa shape index (κ2) is 5.92. The summed E-state index contributed by atoms with van der Waals surface area (Å²) in [5.41, 5.74) is 0. The van der Waals surface area contributed by atoms with Crippen molar-refractivity contribution in [2.24, 2.45) is 0 Å². The van der Waals surface area contributed by atoms with Gasteiger partial charge >= 0.3 is 0 Å². The van der Waals surface area contributed by atoms with Gasteiger partial charge in [-0.25, -0.2) is 0 Å². The predicted molar refractivity (Wildman–Crippen MR) is 70.9 cm³/mol. The van der Waals surface area contributed by atoms with Gasteiger partial charge in [-0.05, 0) is 6.42 Å². The molecule has 1 N–H and O–H groups in total. The zero-order chi connectivity index (χ0) is 12.2. The summed E-state index contributed by atoms with van der Waals surface area (Å²) in [5, 5.41) is 3.23. The molecule has 1 rings (SSSR count). The van der Waals surface area contributed by atoms with E-state index in [0.717, 1.165) is 26.1 Å². The maximum absolute atomic E-state index is 12.1. The molecule has 1 aliphatic heterocycles. The van der Waals surface area contributed by atoms with E-state index in [1.54, 1.807) is 11.8 Å². The molecule has 0 atom stereocenters. The lowest BCUT2D eigenvalue weighted by Crippen LogP contribution is -2.59. The van der Waals surface area contributed by atoms with Gasteiger partial charge in [-0.1, -0.05) is 27.7 Å². The van der Waals surface area contributed by atoms with Crippen molar-refractivity contribution in [2.75, 3.05) is 25.4 Å². The molecule has 0 unspecified atom stereocenters. The first-order valence-electron chi connectivity index (χ1n) is 6.08. The molecule has 4 heteroatoms. The normalized spacial score (nSPS) is 17.0. The van der Waals surface area contributed by atoms with E-state index in [2.05, 4.69) is 37.9 Å². The Morgan fingerprint density at radius 1 is 1.44 bits per heavy atom. The van der Waals surface area contributed by atoms with Crippen molar-refractivity contribution in [3.8, 4) is 0 Å². The van der Waals surface area contributed by atoms with Crippen LogP contribution >= 0.6 is 11.8 Å². The maximum atomic E-state index is 12.1. The first-order chi connectivity index (χ1) is 7.44. The Morgan fingerprint density at radius 3 is 2.44 bits per heavy atom. The number of thioether (sulfide) groups is 1. The van der Waals surface area contributed by atoms with Crippen molar-refractivity contribution >= 4 is 17.7 Å². The first kappa shape index (κ1) is 13.8. The Balaban J connectivity index is 2.41. The van der Waals surface area contributed by atoms with E-state index in [-0.39, 0.29) is 4.75 Å². The van der Waals surface area contributed by atoms with Gasteiger partial charge in [0.1, 0.15) is 0 Å². The second-order valence-corrected chi connectivity index (χ2v) is 7.10. The molecule has 0 saturated carbocycles. The Bertz CT molecular complexity index is 234. The van der Waals surface area contributed by atoms with Crippen LogP contribution in [-0.2, 0) is 4.79 Å². The zero-order valence-corrected chi connectivity index (χ0v) is 11.7. The van der Waals surface area contributed by atoms with Crippen LogP contribution in [0.2, 0.25) is 0 Å². The predicted octanol–water partition coefficient (Wildman–Crippen LogP) is 1.73. The molecule has 1 aliphatic rings. The third-order valence-electron chi connectivity index (χ3n) is 2.61. The Hall–Kier alpha value is -0.220. The molecule has 0 radical (unpaired) electrons. The third-order valence-corrected chi connectivity index (χ3v) is 3.87. The van der Waals surface area contributed by atoms with E-state index in [0.29, 0.717) is 17.7 Å². The van der Waals surface area contributed by atoms with Crippen molar-refractivity contribution < 1.29 is 4.79 Å². The molecular formula is C12H24N2OS. The molecule has 1 saturated heterocycles. The average molecular weight is 244 g/mol. The number of amides is 1.